The molecule has 1 aromatic carbocycles. The zero-order valence-electron chi connectivity index (χ0n) is 11.3. The summed E-state index contributed by atoms with van der Waals surface area (Å²) in [7, 11) is 3.71. The van der Waals surface area contributed by atoms with Crippen molar-refractivity contribution < 1.29 is 4.74 Å². The van der Waals surface area contributed by atoms with Gasteiger partial charge in [0.2, 0.25) is 0 Å². The van der Waals surface area contributed by atoms with Gasteiger partial charge in [-0.1, -0.05) is 17.7 Å². The minimum atomic E-state index is 0.362. The zero-order chi connectivity index (χ0) is 12.8. The van der Waals surface area contributed by atoms with E-state index < -0.39 is 0 Å². The molecule has 1 aromatic rings. The Balaban J connectivity index is 2.84. The molecule has 1 rings (SSSR count). The molecule has 94 valence electrons. The number of hydrogen-bond acceptors (Lipinski definition) is 2. The lowest BCUT2D eigenvalue weighted by Gasteiger charge is -2.18. The van der Waals surface area contributed by atoms with E-state index in [-0.39, 0.29) is 0 Å². The minimum Gasteiger partial charge on any atom is -0.496 e. The molecule has 0 saturated heterocycles. The molecule has 0 aromatic heterocycles. The molecule has 0 spiro atoms. The molecular formula is C15H23NO. The van der Waals surface area contributed by atoms with Gasteiger partial charge in [-0.3, -0.25) is 0 Å². The highest BCUT2D eigenvalue weighted by Crippen LogP contribution is 2.26. The fourth-order valence-corrected chi connectivity index (χ4v) is 1.92. The molecule has 0 aliphatic carbocycles. The van der Waals surface area contributed by atoms with Crippen molar-refractivity contribution in [3.05, 3.63) is 41.5 Å². The van der Waals surface area contributed by atoms with Crippen LogP contribution in [0.15, 0.2) is 30.4 Å². The summed E-state index contributed by atoms with van der Waals surface area (Å²) in [6.45, 7) is 8.08. The molecule has 0 saturated carbocycles. The van der Waals surface area contributed by atoms with Crippen molar-refractivity contribution in [2.45, 2.75) is 32.7 Å². The number of allylic oxidation sites excluding steroid dienone is 1. The third kappa shape index (κ3) is 3.90. The van der Waals surface area contributed by atoms with Crippen LogP contribution in [0.3, 0.4) is 0 Å². The van der Waals surface area contributed by atoms with Crippen LogP contribution in [0.2, 0.25) is 0 Å². The molecule has 2 nitrogen and oxygen atoms in total. The summed E-state index contributed by atoms with van der Waals surface area (Å²) in [5.74, 6) is 0.957. The van der Waals surface area contributed by atoms with Crippen LogP contribution in [0.4, 0.5) is 0 Å². The minimum absolute atomic E-state index is 0.362. The van der Waals surface area contributed by atoms with E-state index in [1.165, 1.54) is 16.7 Å². The van der Waals surface area contributed by atoms with Crippen LogP contribution in [0, 0.1) is 6.92 Å². The maximum absolute atomic E-state index is 5.36. The van der Waals surface area contributed by atoms with Crippen LogP contribution in [0.5, 0.6) is 5.75 Å². The summed E-state index contributed by atoms with van der Waals surface area (Å²) in [4.78, 5) is 0. The fraction of sp³-hybridized carbons (Fsp3) is 0.467. The predicted octanol–water partition coefficient (Wildman–Crippen LogP) is 3.62. The maximum atomic E-state index is 5.36. The number of hydrogen-bond donors (Lipinski definition) is 1. The first kappa shape index (κ1) is 13.8. The molecule has 0 aliphatic rings. The van der Waals surface area contributed by atoms with Crippen molar-refractivity contribution in [3.8, 4) is 5.75 Å². The third-order valence-electron chi connectivity index (χ3n) is 3.04. The van der Waals surface area contributed by atoms with E-state index in [1.807, 2.05) is 7.05 Å². The summed E-state index contributed by atoms with van der Waals surface area (Å²) < 4.78 is 5.36. The molecule has 1 atom stereocenters. The van der Waals surface area contributed by atoms with Gasteiger partial charge < -0.3 is 10.1 Å². The van der Waals surface area contributed by atoms with Crippen LogP contribution in [0.1, 0.15) is 36.9 Å². The highest BCUT2D eigenvalue weighted by atomic mass is 16.5. The Kier molecular flexibility index (Phi) is 5.23. The molecule has 0 aliphatic heterocycles. The molecule has 17 heavy (non-hydrogen) atoms. The van der Waals surface area contributed by atoms with Gasteiger partial charge in [0.1, 0.15) is 5.75 Å². The largest absolute Gasteiger partial charge is 0.496 e. The molecule has 2 heteroatoms. The Morgan fingerprint density at radius 3 is 2.71 bits per heavy atom. The lowest BCUT2D eigenvalue weighted by Crippen LogP contribution is -2.16. The van der Waals surface area contributed by atoms with Gasteiger partial charge >= 0.3 is 0 Å². The van der Waals surface area contributed by atoms with E-state index in [0.29, 0.717) is 6.04 Å². The standard InChI is InChI=1S/C15H23NO/c1-11(2)6-9-14(16-4)13-8-7-12(3)15(10-13)17-5/h7-8,10,14,16H,1,6,9H2,2-5H3. The Morgan fingerprint density at radius 2 is 2.18 bits per heavy atom. The summed E-state index contributed by atoms with van der Waals surface area (Å²) in [5.41, 5.74) is 3.67. The van der Waals surface area contributed by atoms with Crippen LogP contribution >= 0.6 is 0 Å². The third-order valence-corrected chi connectivity index (χ3v) is 3.04. The van der Waals surface area contributed by atoms with E-state index in [1.54, 1.807) is 7.11 Å². The average molecular weight is 233 g/mol. The normalized spacial score (nSPS) is 12.2. The lowest BCUT2D eigenvalue weighted by atomic mass is 9.98. The van der Waals surface area contributed by atoms with Crippen molar-refractivity contribution in [2.24, 2.45) is 0 Å². The second-order valence-electron chi connectivity index (χ2n) is 4.57. The molecule has 0 amide bonds. The van der Waals surface area contributed by atoms with Crippen molar-refractivity contribution in [1.29, 1.82) is 0 Å². The van der Waals surface area contributed by atoms with Crippen LogP contribution in [0.25, 0.3) is 0 Å². The topological polar surface area (TPSA) is 21.3 Å². The molecule has 1 unspecified atom stereocenters. The molecule has 0 fully saturated rings. The van der Waals surface area contributed by atoms with Crippen molar-refractivity contribution in [3.63, 3.8) is 0 Å². The molecule has 0 radical (unpaired) electrons. The summed E-state index contributed by atoms with van der Waals surface area (Å²) >= 11 is 0. The second-order valence-corrected chi connectivity index (χ2v) is 4.57. The monoisotopic (exact) mass is 233 g/mol. The van der Waals surface area contributed by atoms with E-state index in [9.17, 15) is 0 Å². The summed E-state index contributed by atoms with van der Waals surface area (Å²) in [5, 5.41) is 3.35. The number of rotatable bonds is 6. The first-order valence-electron chi connectivity index (χ1n) is 6.04. The van der Waals surface area contributed by atoms with Gasteiger partial charge in [-0.25, -0.2) is 0 Å². The van der Waals surface area contributed by atoms with E-state index in [0.717, 1.165) is 18.6 Å². The van der Waals surface area contributed by atoms with Gasteiger partial charge in [0, 0.05) is 6.04 Å². The van der Waals surface area contributed by atoms with Gasteiger partial charge in [0.15, 0.2) is 0 Å². The maximum Gasteiger partial charge on any atom is 0.122 e. The number of methoxy groups -OCH3 is 1. The van der Waals surface area contributed by atoms with Gasteiger partial charge in [-0.2, -0.15) is 0 Å². The van der Waals surface area contributed by atoms with E-state index in [2.05, 4.69) is 43.9 Å². The van der Waals surface area contributed by atoms with Crippen molar-refractivity contribution in [1.82, 2.24) is 5.32 Å². The Bertz CT molecular complexity index is 385. The predicted molar refractivity (Wildman–Crippen MR) is 73.6 cm³/mol. The van der Waals surface area contributed by atoms with Gasteiger partial charge in [-0.15, -0.1) is 6.58 Å². The molecule has 0 heterocycles. The van der Waals surface area contributed by atoms with Gasteiger partial charge in [0.25, 0.3) is 0 Å². The Labute approximate surface area is 105 Å². The SMILES string of the molecule is C=C(C)CCC(NC)c1ccc(C)c(OC)c1. The number of nitrogens with one attached hydrogen (secondary N) is 1. The lowest BCUT2D eigenvalue weighted by molar-refractivity contribution is 0.409. The van der Waals surface area contributed by atoms with E-state index >= 15 is 0 Å². The first-order valence-corrected chi connectivity index (χ1v) is 6.04. The summed E-state index contributed by atoms with van der Waals surface area (Å²) in [6, 6.07) is 6.76. The van der Waals surface area contributed by atoms with Crippen LogP contribution in [-0.4, -0.2) is 14.2 Å². The van der Waals surface area contributed by atoms with Crippen molar-refractivity contribution >= 4 is 0 Å². The van der Waals surface area contributed by atoms with Gasteiger partial charge in [-0.05, 0) is 50.9 Å². The average Bonchev–Trinajstić information content (AvgIpc) is 2.31. The first-order chi connectivity index (χ1) is 8.08. The number of aryl methyl sites for hydroxylation is 1. The van der Waals surface area contributed by atoms with Crippen LogP contribution < -0.4 is 10.1 Å². The number of benzene rings is 1. The van der Waals surface area contributed by atoms with Crippen LogP contribution in [-0.2, 0) is 0 Å². The Morgan fingerprint density at radius 1 is 1.47 bits per heavy atom. The van der Waals surface area contributed by atoms with Crippen molar-refractivity contribution in [2.75, 3.05) is 14.2 Å². The quantitative estimate of drug-likeness (QED) is 0.758. The summed E-state index contributed by atoms with van der Waals surface area (Å²) in [6.07, 6.45) is 2.11. The van der Waals surface area contributed by atoms with E-state index in [4.69, 9.17) is 4.74 Å². The smallest absolute Gasteiger partial charge is 0.122 e. The van der Waals surface area contributed by atoms with Gasteiger partial charge in [0.05, 0.1) is 7.11 Å². The second kappa shape index (κ2) is 6.45. The highest BCUT2D eigenvalue weighted by Gasteiger charge is 2.10. The fourth-order valence-electron chi connectivity index (χ4n) is 1.92. The molecular weight excluding hydrogens is 210 g/mol. The zero-order valence-corrected chi connectivity index (χ0v) is 11.3. The molecule has 1 N–H and O–H groups in total. The highest BCUT2D eigenvalue weighted by molar-refractivity contribution is 5.37. The molecule has 0 bridgehead atoms. The number of ether oxygens (including phenoxy) is 1. The Hall–Kier alpha value is -1.28.